The standard InChI is InChI=1S/C19H13Cl2F4N5O/c1-10-8-30(29-17(10)11-2-3-15(20)16(21)4-11)18(27-9-26)28-13-5-12(22)6-14(7-13)31-19(23,24)25/h2-7,10H,8H2,1H3,(H,27,28). The average molecular weight is 474 g/mol. The predicted molar refractivity (Wildman–Crippen MR) is 108 cm³/mol. The van der Waals surface area contributed by atoms with Crippen molar-refractivity contribution in [3.05, 3.63) is 57.8 Å². The molecule has 6 nitrogen and oxygen atoms in total. The first-order chi connectivity index (χ1) is 14.6. The third kappa shape index (κ3) is 5.77. The van der Waals surface area contributed by atoms with Crippen LogP contribution in [0.2, 0.25) is 10.0 Å². The molecule has 3 rings (SSSR count). The summed E-state index contributed by atoms with van der Waals surface area (Å²) in [6.45, 7) is 2.17. The number of hydrogen-bond donors (Lipinski definition) is 1. The lowest BCUT2D eigenvalue weighted by atomic mass is 9.99. The Balaban J connectivity index is 1.95. The van der Waals surface area contributed by atoms with E-state index >= 15 is 0 Å². The minimum Gasteiger partial charge on any atom is -0.406 e. The molecule has 1 N–H and O–H groups in total. The summed E-state index contributed by atoms with van der Waals surface area (Å²) in [5.74, 6) is -1.99. The number of benzene rings is 2. The Labute approximate surface area is 184 Å². The van der Waals surface area contributed by atoms with E-state index in [0.29, 0.717) is 33.9 Å². The molecular formula is C19H13Cl2F4N5O. The van der Waals surface area contributed by atoms with E-state index in [1.54, 1.807) is 24.4 Å². The van der Waals surface area contributed by atoms with E-state index in [0.717, 1.165) is 12.1 Å². The van der Waals surface area contributed by atoms with Gasteiger partial charge in [-0.2, -0.15) is 10.4 Å². The average Bonchev–Trinajstić information content (AvgIpc) is 3.03. The van der Waals surface area contributed by atoms with Crippen molar-refractivity contribution in [2.45, 2.75) is 13.3 Å². The molecule has 162 valence electrons. The number of hydrazone groups is 1. The van der Waals surface area contributed by atoms with Gasteiger partial charge in [-0.25, -0.2) is 14.4 Å². The molecule has 1 atom stereocenters. The molecule has 1 aliphatic rings. The fourth-order valence-corrected chi connectivity index (χ4v) is 3.17. The van der Waals surface area contributed by atoms with Gasteiger partial charge in [-0.1, -0.05) is 36.2 Å². The summed E-state index contributed by atoms with van der Waals surface area (Å²) in [6.07, 6.45) is -3.31. The fourth-order valence-electron chi connectivity index (χ4n) is 2.87. The molecule has 0 saturated carbocycles. The van der Waals surface area contributed by atoms with Gasteiger partial charge >= 0.3 is 6.36 Å². The van der Waals surface area contributed by atoms with E-state index in [4.69, 9.17) is 28.5 Å². The SMILES string of the molecule is CC1CN(C(=Nc2cc(F)cc(OC(F)(F)F)c2)NC#N)N=C1c1ccc(Cl)c(Cl)c1. The molecule has 31 heavy (non-hydrogen) atoms. The molecule has 0 radical (unpaired) electrons. The number of hydrogen-bond acceptors (Lipinski definition) is 4. The Morgan fingerprint density at radius 3 is 2.65 bits per heavy atom. The van der Waals surface area contributed by atoms with Gasteiger partial charge in [0.25, 0.3) is 0 Å². The van der Waals surface area contributed by atoms with E-state index in [2.05, 4.69) is 20.1 Å². The van der Waals surface area contributed by atoms with Gasteiger partial charge in [0.15, 0.2) is 6.19 Å². The Morgan fingerprint density at radius 1 is 1.26 bits per heavy atom. The van der Waals surface area contributed by atoms with Gasteiger partial charge in [-0.15, -0.1) is 13.2 Å². The van der Waals surface area contributed by atoms with Crippen LogP contribution in [0.4, 0.5) is 23.2 Å². The molecule has 0 spiro atoms. The number of nitrogens with zero attached hydrogens (tertiary/aromatic N) is 4. The van der Waals surface area contributed by atoms with Crippen LogP contribution < -0.4 is 10.1 Å². The second-order valence-electron chi connectivity index (χ2n) is 6.46. The highest BCUT2D eigenvalue weighted by Gasteiger charge is 2.32. The minimum absolute atomic E-state index is 0.104. The summed E-state index contributed by atoms with van der Waals surface area (Å²) in [4.78, 5) is 4.04. The zero-order valence-corrected chi connectivity index (χ0v) is 17.2. The van der Waals surface area contributed by atoms with Crippen molar-refractivity contribution in [2.24, 2.45) is 16.0 Å². The fraction of sp³-hybridized carbons (Fsp3) is 0.211. The second-order valence-corrected chi connectivity index (χ2v) is 7.28. The summed E-state index contributed by atoms with van der Waals surface area (Å²) in [5, 5.41) is 17.9. The molecule has 12 heteroatoms. The first kappa shape index (κ1) is 22.7. The molecule has 2 aromatic carbocycles. The van der Waals surface area contributed by atoms with Crippen LogP contribution >= 0.6 is 23.2 Å². The van der Waals surface area contributed by atoms with Gasteiger partial charge in [-0.05, 0) is 23.8 Å². The van der Waals surface area contributed by atoms with Crippen molar-refractivity contribution in [2.75, 3.05) is 6.54 Å². The Bertz CT molecular complexity index is 1100. The van der Waals surface area contributed by atoms with Crippen LogP contribution in [-0.2, 0) is 0 Å². The number of ether oxygens (including phenoxy) is 1. The van der Waals surface area contributed by atoms with Gasteiger partial charge < -0.3 is 4.74 Å². The molecule has 0 bridgehead atoms. The minimum atomic E-state index is -4.99. The zero-order chi connectivity index (χ0) is 22.8. The number of alkyl halides is 3. The molecule has 1 heterocycles. The Hall–Kier alpha value is -3.03. The third-order valence-corrected chi connectivity index (χ3v) is 4.83. The van der Waals surface area contributed by atoms with E-state index in [1.165, 1.54) is 5.01 Å². The molecule has 0 aliphatic carbocycles. The smallest absolute Gasteiger partial charge is 0.406 e. The molecule has 0 aromatic heterocycles. The highest BCUT2D eigenvalue weighted by atomic mass is 35.5. The highest BCUT2D eigenvalue weighted by Crippen LogP contribution is 2.29. The summed E-state index contributed by atoms with van der Waals surface area (Å²) in [6, 6.07) is 7.35. The van der Waals surface area contributed by atoms with Gasteiger partial charge in [0.05, 0.1) is 28.0 Å². The summed E-state index contributed by atoms with van der Waals surface area (Å²) >= 11 is 12.0. The zero-order valence-electron chi connectivity index (χ0n) is 15.7. The third-order valence-electron chi connectivity index (χ3n) is 4.09. The summed E-state index contributed by atoms with van der Waals surface area (Å²) < 4.78 is 54.9. The first-order valence-electron chi connectivity index (χ1n) is 8.67. The van der Waals surface area contributed by atoms with Crippen molar-refractivity contribution in [3.8, 4) is 11.9 Å². The summed E-state index contributed by atoms with van der Waals surface area (Å²) in [5.41, 5.74) is 1.13. The topological polar surface area (TPSA) is 73.0 Å². The number of halogens is 6. The maximum atomic E-state index is 13.8. The van der Waals surface area contributed by atoms with Gasteiger partial charge in [0, 0.05) is 18.1 Å². The lowest BCUT2D eigenvalue weighted by Gasteiger charge is -2.15. The van der Waals surface area contributed by atoms with E-state index < -0.39 is 17.9 Å². The lowest BCUT2D eigenvalue weighted by molar-refractivity contribution is -0.274. The van der Waals surface area contributed by atoms with Gasteiger partial charge in [0.1, 0.15) is 11.6 Å². The molecule has 0 amide bonds. The number of nitriles is 1. The number of nitrogens with one attached hydrogen (secondary N) is 1. The molecular weight excluding hydrogens is 461 g/mol. The number of rotatable bonds is 3. The van der Waals surface area contributed by atoms with Crippen LogP contribution in [0.3, 0.4) is 0 Å². The van der Waals surface area contributed by atoms with Crippen molar-refractivity contribution >= 4 is 40.6 Å². The van der Waals surface area contributed by atoms with Crippen LogP contribution in [-0.4, -0.2) is 29.6 Å². The van der Waals surface area contributed by atoms with Crippen molar-refractivity contribution in [3.63, 3.8) is 0 Å². The second kappa shape index (κ2) is 8.99. The highest BCUT2D eigenvalue weighted by molar-refractivity contribution is 6.42. The summed E-state index contributed by atoms with van der Waals surface area (Å²) in [7, 11) is 0. The van der Waals surface area contributed by atoms with Crippen LogP contribution in [0.15, 0.2) is 46.5 Å². The normalized spacial score (nSPS) is 16.7. The maximum Gasteiger partial charge on any atom is 0.573 e. The molecule has 0 fully saturated rings. The van der Waals surface area contributed by atoms with Crippen molar-refractivity contribution in [1.29, 1.82) is 5.26 Å². The van der Waals surface area contributed by atoms with Crippen molar-refractivity contribution < 1.29 is 22.3 Å². The quantitative estimate of drug-likeness (QED) is 0.211. The van der Waals surface area contributed by atoms with E-state index in [9.17, 15) is 17.6 Å². The molecule has 1 aliphatic heterocycles. The van der Waals surface area contributed by atoms with Crippen LogP contribution in [0.1, 0.15) is 12.5 Å². The monoisotopic (exact) mass is 473 g/mol. The first-order valence-corrected chi connectivity index (χ1v) is 9.43. The van der Waals surface area contributed by atoms with Crippen LogP contribution in [0, 0.1) is 23.2 Å². The van der Waals surface area contributed by atoms with Crippen LogP contribution in [0.25, 0.3) is 0 Å². The maximum absolute atomic E-state index is 13.8. The lowest BCUT2D eigenvalue weighted by Crippen LogP contribution is -2.35. The van der Waals surface area contributed by atoms with E-state index in [1.807, 2.05) is 6.92 Å². The molecule has 0 saturated heterocycles. The Kier molecular flexibility index (Phi) is 6.57. The van der Waals surface area contributed by atoms with E-state index in [-0.39, 0.29) is 17.6 Å². The number of guanidine groups is 1. The van der Waals surface area contributed by atoms with Gasteiger partial charge in [-0.3, -0.25) is 5.32 Å². The molecule has 1 unspecified atom stereocenters. The largest absolute Gasteiger partial charge is 0.573 e. The predicted octanol–water partition coefficient (Wildman–Crippen LogP) is 5.45. The van der Waals surface area contributed by atoms with Crippen LogP contribution in [0.5, 0.6) is 5.75 Å². The Morgan fingerprint density at radius 2 is 2.00 bits per heavy atom. The number of aliphatic imine (C=N–C) groups is 1. The molecule has 2 aromatic rings. The van der Waals surface area contributed by atoms with Gasteiger partial charge in [0.2, 0.25) is 5.96 Å². The van der Waals surface area contributed by atoms with Crippen molar-refractivity contribution in [1.82, 2.24) is 10.3 Å².